The topological polar surface area (TPSA) is 115 Å². The molecule has 0 aliphatic heterocycles. The van der Waals surface area contributed by atoms with Gasteiger partial charge in [0.2, 0.25) is 0 Å². The lowest BCUT2D eigenvalue weighted by Crippen LogP contribution is -2.15. The van der Waals surface area contributed by atoms with Crippen molar-refractivity contribution >= 4 is 27.1 Å². The molecule has 0 bridgehead atoms. The van der Waals surface area contributed by atoms with Crippen LogP contribution in [0.4, 0.5) is 21.5 Å². The Labute approximate surface area is 119 Å². The van der Waals surface area contributed by atoms with Crippen molar-refractivity contribution in [3.8, 4) is 0 Å². The van der Waals surface area contributed by atoms with Gasteiger partial charge in [-0.15, -0.1) is 0 Å². The third-order valence-electron chi connectivity index (χ3n) is 2.62. The summed E-state index contributed by atoms with van der Waals surface area (Å²) in [6, 6.07) is 8.24. The molecule has 0 aromatic heterocycles. The average molecular weight is 311 g/mol. The molecule has 2 aromatic rings. The normalized spacial score (nSPS) is 11.1. The molecular formula is C12H10FN3O4S. The number of nitrogens with one attached hydrogen (secondary N) is 1. The second kappa shape index (κ2) is 5.37. The van der Waals surface area contributed by atoms with Gasteiger partial charge in [-0.2, -0.15) is 0 Å². The Kier molecular flexibility index (Phi) is 3.76. The molecule has 0 radical (unpaired) electrons. The SMILES string of the molecule is Nc1ccccc1NS(=O)(=O)c1cc([N+](=O)[O-])ccc1F. The zero-order chi connectivity index (χ0) is 15.6. The monoisotopic (exact) mass is 311 g/mol. The standard InChI is InChI=1S/C12H10FN3O4S/c13-9-6-5-8(16(17)18)7-12(9)21(19,20)15-11-4-2-1-3-10(11)14/h1-7,15H,14H2. The molecule has 0 fully saturated rings. The molecule has 110 valence electrons. The van der Waals surface area contributed by atoms with Crippen molar-refractivity contribution in [2.24, 2.45) is 0 Å². The number of nitro benzene ring substituents is 1. The van der Waals surface area contributed by atoms with Crippen molar-refractivity contribution in [1.82, 2.24) is 0 Å². The Morgan fingerprint density at radius 1 is 1.19 bits per heavy atom. The molecule has 21 heavy (non-hydrogen) atoms. The van der Waals surface area contributed by atoms with E-state index in [4.69, 9.17) is 5.73 Å². The van der Waals surface area contributed by atoms with Crippen LogP contribution in [0.2, 0.25) is 0 Å². The number of benzene rings is 2. The van der Waals surface area contributed by atoms with Crippen molar-refractivity contribution in [2.75, 3.05) is 10.5 Å². The number of nitrogens with zero attached hydrogens (tertiary/aromatic N) is 1. The fraction of sp³-hybridized carbons (Fsp3) is 0. The van der Waals surface area contributed by atoms with E-state index < -0.39 is 31.3 Å². The molecule has 0 amide bonds. The van der Waals surface area contributed by atoms with Crippen LogP contribution in [-0.2, 0) is 10.0 Å². The molecule has 3 N–H and O–H groups in total. The maximum atomic E-state index is 13.7. The summed E-state index contributed by atoms with van der Waals surface area (Å²) in [6.07, 6.45) is 0. The first-order valence-corrected chi connectivity index (χ1v) is 7.11. The van der Waals surface area contributed by atoms with Crippen molar-refractivity contribution in [3.63, 3.8) is 0 Å². The molecule has 0 spiro atoms. The summed E-state index contributed by atoms with van der Waals surface area (Å²) in [6.45, 7) is 0. The zero-order valence-corrected chi connectivity index (χ0v) is 11.3. The van der Waals surface area contributed by atoms with E-state index in [1.807, 2.05) is 0 Å². The molecule has 0 aliphatic rings. The number of nitro groups is 1. The van der Waals surface area contributed by atoms with Crippen LogP contribution < -0.4 is 10.5 Å². The van der Waals surface area contributed by atoms with E-state index >= 15 is 0 Å². The Morgan fingerprint density at radius 2 is 1.86 bits per heavy atom. The Bertz CT molecular complexity index is 808. The van der Waals surface area contributed by atoms with Gasteiger partial charge in [0.05, 0.1) is 16.3 Å². The van der Waals surface area contributed by atoms with Gasteiger partial charge < -0.3 is 5.73 Å². The highest BCUT2D eigenvalue weighted by Crippen LogP contribution is 2.25. The summed E-state index contributed by atoms with van der Waals surface area (Å²) in [5, 5.41) is 10.7. The molecule has 0 saturated carbocycles. The van der Waals surface area contributed by atoms with Crippen molar-refractivity contribution < 1.29 is 17.7 Å². The van der Waals surface area contributed by atoms with Crippen LogP contribution in [0.1, 0.15) is 0 Å². The first-order chi connectivity index (χ1) is 9.81. The smallest absolute Gasteiger partial charge is 0.271 e. The minimum absolute atomic E-state index is 0.0587. The largest absolute Gasteiger partial charge is 0.397 e. The number of rotatable bonds is 4. The minimum atomic E-state index is -4.33. The lowest BCUT2D eigenvalue weighted by molar-refractivity contribution is -0.385. The predicted molar refractivity (Wildman–Crippen MR) is 74.7 cm³/mol. The van der Waals surface area contributed by atoms with E-state index in [9.17, 15) is 22.9 Å². The van der Waals surface area contributed by atoms with E-state index in [2.05, 4.69) is 4.72 Å². The number of sulfonamides is 1. The van der Waals surface area contributed by atoms with Crippen LogP contribution >= 0.6 is 0 Å². The van der Waals surface area contributed by atoms with Crippen molar-refractivity contribution in [3.05, 3.63) is 58.4 Å². The summed E-state index contributed by atoms with van der Waals surface area (Å²) < 4.78 is 40.0. The number of non-ortho nitro benzene ring substituents is 1. The summed E-state index contributed by atoms with van der Waals surface area (Å²) in [5.74, 6) is -1.09. The van der Waals surface area contributed by atoms with Gasteiger partial charge in [-0.3, -0.25) is 14.8 Å². The summed E-state index contributed by atoms with van der Waals surface area (Å²) in [5.41, 5.74) is 5.27. The number of nitrogens with two attached hydrogens (primary N) is 1. The molecule has 0 heterocycles. The molecule has 2 rings (SSSR count). The number of nitrogen functional groups attached to an aromatic ring is 1. The second-order valence-corrected chi connectivity index (χ2v) is 5.72. The van der Waals surface area contributed by atoms with Crippen molar-refractivity contribution in [2.45, 2.75) is 4.90 Å². The summed E-state index contributed by atoms with van der Waals surface area (Å²) in [4.78, 5) is 9.02. The molecule has 9 heteroatoms. The predicted octanol–water partition coefficient (Wildman–Crippen LogP) is 2.12. The van der Waals surface area contributed by atoms with Gasteiger partial charge in [-0.05, 0) is 18.2 Å². The third-order valence-corrected chi connectivity index (χ3v) is 4.00. The van der Waals surface area contributed by atoms with E-state index in [0.717, 1.165) is 12.1 Å². The summed E-state index contributed by atoms with van der Waals surface area (Å²) in [7, 11) is -4.33. The van der Waals surface area contributed by atoms with Gasteiger partial charge in [-0.25, -0.2) is 12.8 Å². The van der Waals surface area contributed by atoms with Gasteiger partial charge in [0.25, 0.3) is 15.7 Å². The number of anilines is 2. The minimum Gasteiger partial charge on any atom is -0.397 e. The first-order valence-electron chi connectivity index (χ1n) is 5.62. The number of hydrogen-bond acceptors (Lipinski definition) is 5. The first kappa shape index (κ1) is 14.7. The lowest BCUT2D eigenvalue weighted by atomic mass is 10.3. The highest BCUT2D eigenvalue weighted by Gasteiger charge is 2.23. The molecule has 0 saturated heterocycles. The van der Waals surface area contributed by atoms with Crippen molar-refractivity contribution in [1.29, 1.82) is 0 Å². The Morgan fingerprint density at radius 3 is 2.48 bits per heavy atom. The number of hydrogen-bond donors (Lipinski definition) is 2. The van der Waals surface area contributed by atoms with E-state index in [1.165, 1.54) is 18.2 Å². The molecule has 0 unspecified atom stereocenters. The van der Waals surface area contributed by atoms with E-state index in [-0.39, 0.29) is 11.4 Å². The van der Waals surface area contributed by atoms with Gasteiger partial charge in [0.1, 0.15) is 10.7 Å². The molecule has 2 aromatic carbocycles. The number of para-hydroxylation sites is 2. The molecule has 7 nitrogen and oxygen atoms in total. The van der Waals surface area contributed by atoms with Crippen LogP contribution in [0.5, 0.6) is 0 Å². The highest BCUT2D eigenvalue weighted by atomic mass is 32.2. The van der Waals surface area contributed by atoms with Crippen LogP contribution in [0.15, 0.2) is 47.4 Å². The quantitative estimate of drug-likeness (QED) is 0.510. The third kappa shape index (κ3) is 3.08. The zero-order valence-electron chi connectivity index (χ0n) is 10.5. The molecule has 0 atom stereocenters. The van der Waals surface area contributed by atoms with Crippen LogP contribution in [0.25, 0.3) is 0 Å². The van der Waals surface area contributed by atoms with Crippen LogP contribution in [-0.4, -0.2) is 13.3 Å². The fourth-order valence-corrected chi connectivity index (χ4v) is 2.79. The van der Waals surface area contributed by atoms with Crippen LogP contribution in [0.3, 0.4) is 0 Å². The second-order valence-electron chi connectivity index (χ2n) is 4.06. The average Bonchev–Trinajstić information content (AvgIpc) is 2.41. The fourth-order valence-electron chi connectivity index (χ4n) is 1.60. The maximum Gasteiger partial charge on any atom is 0.271 e. The van der Waals surface area contributed by atoms with Gasteiger partial charge in [-0.1, -0.05) is 12.1 Å². The highest BCUT2D eigenvalue weighted by molar-refractivity contribution is 7.92. The van der Waals surface area contributed by atoms with Gasteiger partial charge >= 0.3 is 0 Å². The lowest BCUT2D eigenvalue weighted by Gasteiger charge is -2.10. The van der Waals surface area contributed by atoms with Gasteiger partial charge in [0.15, 0.2) is 0 Å². The Hall–Kier alpha value is -2.68. The molecule has 0 aliphatic carbocycles. The number of halogens is 1. The summed E-state index contributed by atoms with van der Waals surface area (Å²) >= 11 is 0. The van der Waals surface area contributed by atoms with Crippen LogP contribution in [0, 0.1) is 15.9 Å². The Balaban J connectivity index is 2.47. The molecular weight excluding hydrogens is 301 g/mol. The van der Waals surface area contributed by atoms with Gasteiger partial charge in [0, 0.05) is 12.1 Å². The van der Waals surface area contributed by atoms with E-state index in [1.54, 1.807) is 6.07 Å². The van der Waals surface area contributed by atoms with E-state index in [0.29, 0.717) is 6.07 Å². The maximum absolute atomic E-state index is 13.7.